The number of aromatic nitrogens is 3. The van der Waals surface area contributed by atoms with Gasteiger partial charge in [0, 0.05) is 29.8 Å². The van der Waals surface area contributed by atoms with E-state index in [4.69, 9.17) is 4.74 Å². The van der Waals surface area contributed by atoms with Crippen molar-refractivity contribution < 1.29 is 9.53 Å². The molecule has 2 heterocycles. The first-order valence-electron chi connectivity index (χ1n) is 8.47. The van der Waals surface area contributed by atoms with Gasteiger partial charge < -0.3 is 14.6 Å². The highest BCUT2D eigenvalue weighted by Crippen LogP contribution is 2.22. The molecule has 1 fully saturated rings. The summed E-state index contributed by atoms with van der Waals surface area (Å²) in [6.07, 6.45) is 7.58. The summed E-state index contributed by atoms with van der Waals surface area (Å²) in [5.41, 5.74) is 1.84. The average molecular weight is 328 g/mol. The molecule has 0 aliphatic heterocycles. The van der Waals surface area contributed by atoms with E-state index < -0.39 is 0 Å². The second-order valence-electron chi connectivity index (χ2n) is 6.45. The van der Waals surface area contributed by atoms with Crippen LogP contribution in [0.1, 0.15) is 37.1 Å². The van der Waals surface area contributed by atoms with Crippen LogP contribution in [0.25, 0.3) is 0 Å². The van der Waals surface area contributed by atoms with Crippen LogP contribution in [0.3, 0.4) is 0 Å². The number of amides is 1. The number of carbonyl (C=O) groups is 1. The molecule has 128 valence electrons. The molecule has 0 saturated heterocycles. The van der Waals surface area contributed by atoms with Crippen molar-refractivity contribution in [1.29, 1.82) is 0 Å². The summed E-state index contributed by atoms with van der Waals surface area (Å²) >= 11 is 0. The lowest BCUT2D eigenvalue weighted by molar-refractivity contribution is -0.122. The Morgan fingerprint density at radius 3 is 2.42 bits per heavy atom. The summed E-state index contributed by atoms with van der Waals surface area (Å²) in [4.78, 5) is 20.7. The SMILES string of the molecule is Cc1cc(C)nc(OC2CCC(NC(=O)Cn3cccc3)CC2)n1. The lowest BCUT2D eigenvalue weighted by atomic mass is 9.93. The number of hydrogen-bond acceptors (Lipinski definition) is 4. The van der Waals surface area contributed by atoms with Gasteiger partial charge in [-0.05, 0) is 57.7 Å². The molecule has 1 N–H and O–H groups in total. The topological polar surface area (TPSA) is 69.0 Å². The maximum atomic E-state index is 12.0. The van der Waals surface area contributed by atoms with Crippen LogP contribution < -0.4 is 10.1 Å². The summed E-state index contributed by atoms with van der Waals surface area (Å²) < 4.78 is 7.79. The number of aryl methyl sites for hydroxylation is 2. The Morgan fingerprint density at radius 1 is 1.17 bits per heavy atom. The molecule has 0 aromatic carbocycles. The van der Waals surface area contributed by atoms with Crippen LogP contribution in [0.15, 0.2) is 30.6 Å². The van der Waals surface area contributed by atoms with Gasteiger partial charge in [-0.15, -0.1) is 0 Å². The molecular weight excluding hydrogens is 304 g/mol. The first-order valence-corrected chi connectivity index (χ1v) is 8.47. The van der Waals surface area contributed by atoms with Crippen LogP contribution in [0.4, 0.5) is 0 Å². The fourth-order valence-corrected chi connectivity index (χ4v) is 3.14. The van der Waals surface area contributed by atoms with E-state index in [1.807, 2.05) is 49.0 Å². The minimum absolute atomic E-state index is 0.0632. The Morgan fingerprint density at radius 2 is 1.79 bits per heavy atom. The molecule has 0 atom stereocenters. The minimum Gasteiger partial charge on any atom is -0.460 e. The summed E-state index contributed by atoms with van der Waals surface area (Å²) in [7, 11) is 0. The molecule has 1 aliphatic rings. The second-order valence-corrected chi connectivity index (χ2v) is 6.45. The minimum atomic E-state index is 0.0632. The Labute approximate surface area is 142 Å². The van der Waals surface area contributed by atoms with E-state index in [1.54, 1.807) is 0 Å². The quantitative estimate of drug-likeness (QED) is 0.915. The van der Waals surface area contributed by atoms with E-state index in [0.717, 1.165) is 37.1 Å². The molecule has 0 radical (unpaired) electrons. The fraction of sp³-hybridized carbons (Fsp3) is 0.500. The third-order valence-electron chi connectivity index (χ3n) is 4.27. The fourth-order valence-electron chi connectivity index (χ4n) is 3.14. The van der Waals surface area contributed by atoms with Gasteiger partial charge in [-0.2, -0.15) is 0 Å². The summed E-state index contributed by atoms with van der Waals surface area (Å²) in [5, 5.41) is 3.11. The molecule has 3 rings (SSSR count). The van der Waals surface area contributed by atoms with Gasteiger partial charge in [-0.25, -0.2) is 9.97 Å². The predicted molar refractivity (Wildman–Crippen MR) is 90.8 cm³/mol. The van der Waals surface area contributed by atoms with Gasteiger partial charge in [0.05, 0.1) is 0 Å². The molecule has 6 heteroatoms. The summed E-state index contributed by atoms with van der Waals surface area (Å²) in [6.45, 7) is 4.26. The van der Waals surface area contributed by atoms with E-state index >= 15 is 0 Å². The largest absolute Gasteiger partial charge is 0.460 e. The van der Waals surface area contributed by atoms with Crippen LogP contribution in [0.5, 0.6) is 6.01 Å². The predicted octanol–water partition coefficient (Wildman–Crippen LogP) is 2.40. The van der Waals surface area contributed by atoms with Crippen molar-refractivity contribution in [2.75, 3.05) is 0 Å². The van der Waals surface area contributed by atoms with Gasteiger partial charge in [0.2, 0.25) is 5.91 Å². The van der Waals surface area contributed by atoms with E-state index in [-0.39, 0.29) is 18.1 Å². The van der Waals surface area contributed by atoms with E-state index in [9.17, 15) is 4.79 Å². The zero-order valence-electron chi connectivity index (χ0n) is 14.2. The van der Waals surface area contributed by atoms with Crippen LogP contribution in [-0.2, 0) is 11.3 Å². The first-order chi connectivity index (χ1) is 11.6. The lowest BCUT2D eigenvalue weighted by Crippen LogP contribution is -2.41. The highest BCUT2D eigenvalue weighted by atomic mass is 16.5. The standard InChI is InChI=1S/C18H24N4O2/c1-13-11-14(2)20-18(19-13)24-16-7-5-15(6-8-16)21-17(23)12-22-9-3-4-10-22/h3-4,9-11,15-16H,5-8,12H2,1-2H3,(H,21,23). The summed E-state index contributed by atoms with van der Waals surface area (Å²) in [5.74, 6) is 0.0632. The summed E-state index contributed by atoms with van der Waals surface area (Å²) in [6, 6.07) is 6.47. The highest BCUT2D eigenvalue weighted by molar-refractivity contribution is 5.76. The van der Waals surface area contributed by atoms with Crippen molar-refractivity contribution in [1.82, 2.24) is 19.9 Å². The van der Waals surface area contributed by atoms with E-state index in [1.165, 1.54) is 0 Å². The van der Waals surface area contributed by atoms with Gasteiger partial charge >= 0.3 is 6.01 Å². The molecule has 1 saturated carbocycles. The maximum Gasteiger partial charge on any atom is 0.317 e. The lowest BCUT2D eigenvalue weighted by Gasteiger charge is -2.29. The molecule has 1 amide bonds. The number of nitrogens with one attached hydrogen (secondary N) is 1. The Bertz CT molecular complexity index is 656. The Balaban J connectivity index is 1.44. The third kappa shape index (κ3) is 4.57. The molecule has 0 spiro atoms. The monoisotopic (exact) mass is 328 g/mol. The molecule has 2 aromatic rings. The molecule has 1 aliphatic carbocycles. The molecule has 0 bridgehead atoms. The van der Waals surface area contributed by atoms with Gasteiger partial charge in [-0.1, -0.05) is 0 Å². The number of hydrogen-bond donors (Lipinski definition) is 1. The Hall–Kier alpha value is -2.37. The van der Waals surface area contributed by atoms with Gasteiger partial charge in [0.25, 0.3) is 0 Å². The highest BCUT2D eigenvalue weighted by Gasteiger charge is 2.24. The van der Waals surface area contributed by atoms with Crippen molar-refractivity contribution in [3.05, 3.63) is 42.0 Å². The molecule has 0 unspecified atom stereocenters. The average Bonchev–Trinajstić information content (AvgIpc) is 3.01. The van der Waals surface area contributed by atoms with Gasteiger partial charge in [0.1, 0.15) is 12.6 Å². The van der Waals surface area contributed by atoms with Crippen LogP contribution in [0, 0.1) is 13.8 Å². The van der Waals surface area contributed by atoms with Crippen molar-refractivity contribution in [3.8, 4) is 6.01 Å². The number of carbonyl (C=O) groups excluding carboxylic acids is 1. The number of rotatable bonds is 5. The van der Waals surface area contributed by atoms with Crippen molar-refractivity contribution in [2.24, 2.45) is 0 Å². The Kier molecular flexibility index (Phi) is 5.13. The smallest absolute Gasteiger partial charge is 0.317 e. The number of nitrogens with zero attached hydrogens (tertiary/aromatic N) is 3. The first kappa shape index (κ1) is 16.5. The van der Waals surface area contributed by atoms with Gasteiger partial charge in [-0.3, -0.25) is 4.79 Å². The van der Waals surface area contributed by atoms with Gasteiger partial charge in [0.15, 0.2) is 0 Å². The second kappa shape index (κ2) is 7.47. The van der Waals surface area contributed by atoms with Crippen molar-refractivity contribution in [3.63, 3.8) is 0 Å². The molecule has 2 aromatic heterocycles. The van der Waals surface area contributed by atoms with E-state index in [0.29, 0.717) is 12.6 Å². The number of ether oxygens (including phenoxy) is 1. The third-order valence-corrected chi connectivity index (χ3v) is 4.27. The molecular formula is C18H24N4O2. The van der Waals surface area contributed by atoms with Crippen molar-refractivity contribution >= 4 is 5.91 Å². The van der Waals surface area contributed by atoms with Crippen LogP contribution in [0.2, 0.25) is 0 Å². The normalized spacial score (nSPS) is 20.6. The zero-order chi connectivity index (χ0) is 16.9. The van der Waals surface area contributed by atoms with E-state index in [2.05, 4.69) is 15.3 Å². The van der Waals surface area contributed by atoms with Crippen molar-refractivity contribution in [2.45, 2.75) is 58.2 Å². The van der Waals surface area contributed by atoms with Crippen LogP contribution in [-0.4, -0.2) is 32.6 Å². The zero-order valence-corrected chi connectivity index (χ0v) is 14.2. The maximum absolute atomic E-state index is 12.0. The molecule has 24 heavy (non-hydrogen) atoms. The molecule has 6 nitrogen and oxygen atoms in total. The van der Waals surface area contributed by atoms with Crippen LogP contribution >= 0.6 is 0 Å².